The molecule has 0 unspecified atom stereocenters. The van der Waals surface area contributed by atoms with Gasteiger partial charge in [-0.2, -0.15) is 0 Å². The molecule has 0 spiro atoms. The molecule has 0 aliphatic carbocycles. The van der Waals surface area contributed by atoms with E-state index in [0.29, 0.717) is 12.1 Å². The molecular weight excluding hydrogens is 142 g/mol. The fraction of sp³-hybridized carbons (Fsp3) is 0.125. The van der Waals surface area contributed by atoms with E-state index in [1.807, 2.05) is 0 Å². The van der Waals surface area contributed by atoms with Gasteiger partial charge in [-0.15, -0.1) is 6.58 Å². The molecule has 2 N–H and O–H groups in total. The number of aromatic nitrogens is 1. The summed E-state index contributed by atoms with van der Waals surface area (Å²) in [6.07, 6.45) is 2.20. The van der Waals surface area contributed by atoms with Crippen LogP contribution in [0.1, 0.15) is 5.69 Å². The summed E-state index contributed by atoms with van der Waals surface area (Å²) in [5.74, 6) is -0.308. The molecule has 0 saturated heterocycles. The number of hydrogen-bond donors (Lipinski definition) is 2. The molecule has 0 aromatic carbocycles. The molecule has 0 saturated carbocycles. The van der Waals surface area contributed by atoms with Gasteiger partial charge in [-0.25, -0.2) is 0 Å². The molecule has 0 amide bonds. The summed E-state index contributed by atoms with van der Waals surface area (Å²) in [4.78, 5) is 13.2. The predicted octanol–water partition coefficient (Wildman–Crippen LogP) is 0.609. The van der Waals surface area contributed by atoms with Gasteiger partial charge in [0.25, 0.3) is 5.56 Å². The van der Waals surface area contributed by atoms with Gasteiger partial charge in [0.2, 0.25) is 0 Å². The summed E-state index contributed by atoms with van der Waals surface area (Å²) in [7, 11) is 0. The second-order valence-electron chi connectivity index (χ2n) is 2.10. The number of allylic oxidation sites excluding steroid dienone is 1. The van der Waals surface area contributed by atoms with Crippen molar-refractivity contribution in [2.45, 2.75) is 6.42 Å². The van der Waals surface area contributed by atoms with E-state index in [-0.39, 0.29) is 5.75 Å². The minimum absolute atomic E-state index is 0.308. The van der Waals surface area contributed by atoms with Gasteiger partial charge in [0.1, 0.15) is 0 Å². The van der Waals surface area contributed by atoms with E-state index >= 15 is 0 Å². The second-order valence-corrected chi connectivity index (χ2v) is 2.10. The maximum atomic E-state index is 10.8. The zero-order valence-corrected chi connectivity index (χ0v) is 5.92. The fourth-order valence-electron chi connectivity index (χ4n) is 0.712. The van der Waals surface area contributed by atoms with Gasteiger partial charge in [-0.3, -0.25) is 4.79 Å². The van der Waals surface area contributed by atoms with E-state index < -0.39 is 5.56 Å². The molecule has 57 valence electrons. The first-order valence-electron chi connectivity index (χ1n) is 3.18. The van der Waals surface area contributed by atoms with Crippen molar-refractivity contribution in [3.8, 4) is 5.75 Å². The summed E-state index contributed by atoms with van der Waals surface area (Å²) < 4.78 is 0. The number of H-pyrrole nitrogens is 1. The maximum Gasteiger partial charge on any atom is 0.290 e. The molecule has 3 nitrogen and oxygen atoms in total. The average molecular weight is 150 g/mol. The van der Waals surface area contributed by atoms with E-state index in [2.05, 4.69) is 17.6 Å². The lowest BCUT2D eigenvalue weighted by atomic mass is 10.3. The molecule has 1 heterocycles. The lowest BCUT2D eigenvalue weighted by molar-refractivity contribution is 0.466. The Kier molecular flexibility index (Phi) is 2.11. The minimum atomic E-state index is -0.486. The van der Waals surface area contributed by atoms with E-state index in [1.54, 1.807) is 6.08 Å². The fourth-order valence-corrected chi connectivity index (χ4v) is 0.712. The van der Waals surface area contributed by atoms with Crippen molar-refractivity contribution in [2.24, 2.45) is 0 Å². The van der Waals surface area contributed by atoms with Crippen LogP contribution in [0, 0.1) is 6.07 Å². The largest absolute Gasteiger partial charge is 0.503 e. The molecule has 0 atom stereocenters. The predicted molar refractivity (Wildman–Crippen MR) is 41.5 cm³/mol. The quantitative estimate of drug-likeness (QED) is 0.607. The van der Waals surface area contributed by atoms with Crippen molar-refractivity contribution in [2.75, 3.05) is 0 Å². The molecule has 3 heteroatoms. The second kappa shape index (κ2) is 3.05. The Morgan fingerprint density at radius 1 is 1.82 bits per heavy atom. The number of pyridine rings is 1. The molecule has 11 heavy (non-hydrogen) atoms. The Morgan fingerprint density at radius 3 is 3.09 bits per heavy atom. The summed E-state index contributed by atoms with van der Waals surface area (Å²) in [5, 5.41) is 8.81. The van der Waals surface area contributed by atoms with Gasteiger partial charge in [-0.1, -0.05) is 6.08 Å². The van der Waals surface area contributed by atoms with Gasteiger partial charge in [0.15, 0.2) is 5.75 Å². The van der Waals surface area contributed by atoms with Gasteiger partial charge in [0, 0.05) is 18.2 Å². The number of nitrogens with one attached hydrogen (secondary N) is 1. The SMILES string of the molecule is C=CCc1[c]cc(O)c(=O)[nH]1. The zero-order chi connectivity index (χ0) is 8.27. The third kappa shape index (κ3) is 1.70. The van der Waals surface area contributed by atoms with Crippen molar-refractivity contribution < 1.29 is 5.11 Å². The Hall–Kier alpha value is -1.51. The van der Waals surface area contributed by atoms with Crippen LogP contribution >= 0.6 is 0 Å². The summed E-state index contributed by atoms with van der Waals surface area (Å²) in [6, 6.07) is 3.95. The maximum absolute atomic E-state index is 10.8. The van der Waals surface area contributed by atoms with Crippen LogP contribution in [0.5, 0.6) is 5.75 Å². The number of rotatable bonds is 2. The standard InChI is InChI=1S/C8H8NO2/c1-2-3-6-4-5-7(10)8(11)9-6/h2,5,10H,1,3H2,(H,9,11). The van der Waals surface area contributed by atoms with Crippen LogP contribution in [-0.2, 0) is 6.42 Å². The third-order valence-corrected chi connectivity index (χ3v) is 1.23. The Balaban J connectivity index is 3.05. The normalized spacial score (nSPS) is 9.45. The first kappa shape index (κ1) is 7.60. The summed E-state index contributed by atoms with van der Waals surface area (Å²) in [5.41, 5.74) is 0.142. The van der Waals surface area contributed by atoms with Gasteiger partial charge < -0.3 is 10.1 Å². The smallest absolute Gasteiger partial charge is 0.290 e. The van der Waals surface area contributed by atoms with Crippen molar-refractivity contribution >= 4 is 0 Å². The molecule has 0 bridgehead atoms. The van der Waals surface area contributed by atoms with Crippen LogP contribution < -0.4 is 5.56 Å². The Bertz CT molecular complexity index is 314. The van der Waals surface area contributed by atoms with Crippen molar-refractivity contribution in [1.82, 2.24) is 4.98 Å². The zero-order valence-electron chi connectivity index (χ0n) is 5.92. The van der Waals surface area contributed by atoms with Crippen LogP contribution in [0.2, 0.25) is 0 Å². The Morgan fingerprint density at radius 2 is 2.55 bits per heavy atom. The van der Waals surface area contributed by atoms with Crippen LogP contribution in [0.15, 0.2) is 23.5 Å². The number of aromatic amines is 1. The highest BCUT2D eigenvalue weighted by molar-refractivity contribution is 5.17. The monoisotopic (exact) mass is 150 g/mol. The number of hydrogen-bond acceptors (Lipinski definition) is 2. The molecular formula is C8H8NO2. The summed E-state index contributed by atoms with van der Waals surface area (Å²) in [6.45, 7) is 3.50. The molecule has 0 aliphatic rings. The lowest BCUT2D eigenvalue weighted by Gasteiger charge is -1.94. The van der Waals surface area contributed by atoms with Gasteiger partial charge in [-0.05, 0) is 6.07 Å². The molecule has 0 aliphatic heterocycles. The van der Waals surface area contributed by atoms with E-state index in [1.165, 1.54) is 6.07 Å². The lowest BCUT2D eigenvalue weighted by Crippen LogP contribution is -2.07. The van der Waals surface area contributed by atoms with E-state index in [4.69, 9.17) is 5.11 Å². The summed E-state index contributed by atoms with van der Waals surface area (Å²) >= 11 is 0. The number of aromatic hydroxyl groups is 1. The highest BCUT2D eigenvalue weighted by Gasteiger charge is 1.95. The molecule has 1 radical (unpaired) electrons. The van der Waals surface area contributed by atoms with Crippen LogP contribution in [0.4, 0.5) is 0 Å². The highest BCUT2D eigenvalue weighted by Crippen LogP contribution is 1.99. The van der Waals surface area contributed by atoms with Gasteiger partial charge >= 0.3 is 0 Å². The molecule has 1 rings (SSSR count). The van der Waals surface area contributed by atoms with Crippen LogP contribution in [0.25, 0.3) is 0 Å². The minimum Gasteiger partial charge on any atom is -0.503 e. The first-order chi connectivity index (χ1) is 5.24. The van der Waals surface area contributed by atoms with Gasteiger partial charge in [0.05, 0.1) is 0 Å². The third-order valence-electron chi connectivity index (χ3n) is 1.23. The van der Waals surface area contributed by atoms with Crippen molar-refractivity contribution in [1.29, 1.82) is 0 Å². The average Bonchev–Trinajstić information content (AvgIpc) is 1.98. The highest BCUT2D eigenvalue weighted by atomic mass is 16.3. The van der Waals surface area contributed by atoms with Crippen LogP contribution in [0.3, 0.4) is 0 Å². The van der Waals surface area contributed by atoms with E-state index in [0.717, 1.165) is 0 Å². The molecule has 1 aromatic heterocycles. The van der Waals surface area contributed by atoms with E-state index in [9.17, 15) is 4.79 Å². The van der Waals surface area contributed by atoms with Crippen molar-refractivity contribution in [3.05, 3.63) is 40.8 Å². The van der Waals surface area contributed by atoms with Crippen molar-refractivity contribution in [3.63, 3.8) is 0 Å². The molecule has 1 aromatic rings. The van der Waals surface area contributed by atoms with Crippen LogP contribution in [-0.4, -0.2) is 10.1 Å². The molecule has 0 fully saturated rings. The Labute approximate surface area is 64.0 Å². The first-order valence-corrected chi connectivity index (χ1v) is 3.18. The topological polar surface area (TPSA) is 53.1 Å².